The summed E-state index contributed by atoms with van der Waals surface area (Å²) in [4.78, 5) is 16.0. The largest absolute Gasteiger partial charge is 0.369 e. The average Bonchev–Trinajstić information content (AvgIpc) is 3.07. The summed E-state index contributed by atoms with van der Waals surface area (Å²) < 4.78 is 0. The molecule has 0 saturated carbocycles. The van der Waals surface area contributed by atoms with E-state index in [-0.39, 0.29) is 11.2 Å². The van der Waals surface area contributed by atoms with E-state index in [0.29, 0.717) is 10.6 Å². The van der Waals surface area contributed by atoms with Gasteiger partial charge in [0.05, 0.1) is 17.0 Å². The molecule has 0 radical (unpaired) electrons. The summed E-state index contributed by atoms with van der Waals surface area (Å²) in [7, 11) is 0. The van der Waals surface area contributed by atoms with Gasteiger partial charge < -0.3 is 5.73 Å². The van der Waals surface area contributed by atoms with Crippen LogP contribution < -0.4 is 5.73 Å². The zero-order valence-electron chi connectivity index (χ0n) is 15.4. The normalized spacial score (nSPS) is 13.3. The SMILES string of the molecule is CC(C)(C)c1ccc(-c2nc(SCC(N)=O)c(C#N)c3c2CCC3)cc1. The van der Waals surface area contributed by atoms with Crippen LogP contribution in [0.15, 0.2) is 29.3 Å². The number of pyridine rings is 1. The molecule has 2 aromatic rings. The number of benzene rings is 1. The lowest BCUT2D eigenvalue weighted by Gasteiger charge is -2.19. The van der Waals surface area contributed by atoms with Crippen molar-refractivity contribution in [3.63, 3.8) is 0 Å². The van der Waals surface area contributed by atoms with E-state index in [4.69, 9.17) is 10.7 Å². The van der Waals surface area contributed by atoms with Crippen LogP contribution in [0.2, 0.25) is 0 Å². The topological polar surface area (TPSA) is 79.8 Å². The Bertz CT molecular complexity index is 889. The van der Waals surface area contributed by atoms with Gasteiger partial charge in [-0.05, 0) is 41.4 Å². The molecule has 3 rings (SSSR count). The molecule has 0 spiro atoms. The molecule has 5 heteroatoms. The summed E-state index contributed by atoms with van der Waals surface area (Å²) in [6.07, 6.45) is 2.86. The van der Waals surface area contributed by atoms with E-state index in [2.05, 4.69) is 51.1 Å². The quantitative estimate of drug-likeness (QED) is 0.831. The molecule has 1 aromatic carbocycles. The molecule has 2 N–H and O–H groups in total. The molecule has 0 fully saturated rings. The second-order valence-corrected chi connectivity index (χ2v) is 8.61. The van der Waals surface area contributed by atoms with Gasteiger partial charge in [-0.1, -0.05) is 56.8 Å². The van der Waals surface area contributed by atoms with Gasteiger partial charge >= 0.3 is 0 Å². The summed E-state index contributed by atoms with van der Waals surface area (Å²) in [5.74, 6) is -0.277. The molecule has 1 amide bonds. The van der Waals surface area contributed by atoms with E-state index in [1.807, 2.05) is 0 Å². The maximum Gasteiger partial charge on any atom is 0.227 e. The number of primary amides is 1. The minimum atomic E-state index is -0.405. The second kappa shape index (κ2) is 7.13. The van der Waals surface area contributed by atoms with Gasteiger partial charge in [0.15, 0.2) is 0 Å². The molecule has 0 bridgehead atoms. The minimum Gasteiger partial charge on any atom is -0.369 e. The van der Waals surface area contributed by atoms with Crippen molar-refractivity contribution in [1.82, 2.24) is 4.98 Å². The molecule has 0 atom stereocenters. The molecule has 26 heavy (non-hydrogen) atoms. The van der Waals surface area contributed by atoms with E-state index in [1.165, 1.54) is 22.9 Å². The first-order valence-corrected chi connectivity index (χ1v) is 9.77. The fourth-order valence-corrected chi connectivity index (χ4v) is 4.11. The highest BCUT2D eigenvalue weighted by atomic mass is 32.2. The molecule has 0 saturated heterocycles. The lowest BCUT2D eigenvalue weighted by Crippen LogP contribution is -2.13. The fourth-order valence-electron chi connectivity index (χ4n) is 3.36. The van der Waals surface area contributed by atoms with Crippen LogP contribution in [0, 0.1) is 11.3 Å². The van der Waals surface area contributed by atoms with Crippen LogP contribution in [0.25, 0.3) is 11.3 Å². The van der Waals surface area contributed by atoms with Crippen LogP contribution in [0.3, 0.4) is 0 Å². The Balaban J connectivity index is 2.09. The first-order chi connectivity index (χ1) is 12.3. The van der Waals surface area contributed by atoms with Gasteiger partial charge in [0.1, 0.15) is 11.1 Å². The van der Waals surface area contributed by atoms with E-state index < -0.39 is 5.91 Å². The number of nitrogens with two attached hydrogens (primary N) is 1. The van der Waals surface area contributed by atoms with Crippen LogP contribution in [-0.4, -0.2) is 16.6 Å². The maximum absolute atomic E-state index is 11.2. The Morgan fingerprint density at radius 3 is 2.46 bits per heavy atom. The number of amides is 1. The van der Waals surface area contributed by atoms with Gasteiger partial charge in [0.2, 0.25) is 5.91 Å². The summed E-state index contributed by atoms with van der Waals surface area (Å²) in [5, 5.41) is 10.2. The monoisotopic (exact) mass is 365 g/mol. The van der Waals surface area contributed by atoms with Crippen LogP contribution >= 0.6 is 11.8 Å². The van der Waals surface area contributed by atoms with Crippen molar-refractivity contribution in [1.29, 1.82) is 5.26 Å². The first kappa shape index (κ1) is 18.5. The van der Waals surface area contributed by atoms with Gasteiger partial charge in [-0.25, -0.2) is 4.98 Å². The Kier molecular flexibility index (Phi) is 5.06. The first-order valence-electron chi connectivity index (χ1n) is 8.79. The lowest BCUT2D eigenvalue weighted by atomic mass is 9.86. The molecular formula is C21H23N3OS. The van der Waals surface area contributed by atoms with Gasteiger partial charge in [0, 0.05) is 5.56 Å². The summed E-state index contributed by atoms with van der Waals surface area (Å²) in [6.45, 7) is 6.58. The predicted molar refractivity (Wildman–Crippen MR) is 105 cm³/mol. The summed E-state index contributed by atoms with van der Waals surface area (Å²) >= 11 is 1.25. The van der Waals surface area contributed by atoms with E-state index in [9.17, 15) is 10.1 Å². The van der Waals surface area contributed by atoms with Gasteiger partial charge in [-0.15, -0.1) is 0 Å². The van der Waals surface area contributed by atoms with Crippen molar-refractivity contribution in [3.8, 4) is 17.3 Å². The van der Waals surface area contributed by atoms with Crippen LogP contribution in [0.1, 0.15) is 49.4 Å². The van der Waals surface area contributed by atoms with E-state index >= 15 is 0 Å². The Hall–Kier alpha value is -2.32. The number of thioether (sulfide) groups is 1. The number of fused-ring (bicyclic) bond motifs is 1. The Labute approximate surface area is 158 Å². The second-order valence-electron chi connectivity index (χ2n) is 7.65. The average molecular weight is 366 g/mol. The Morgan fingerprint density at radius 1 is 1.23 bits per heavy atom. The van der Waals surface area contributed by atoms with E-state index in [0.717, 1.165) is 36.1 Å². The molecule has 1 aliphatic rings. The standard InChI is InChI=1S/C21H23N3OS/c1-21(2,3)14-9-7-13(8-10-14)19-16-6-4-5-15(16)17(11-22)20(24-19)26-12-18(23)25/h7-10H,4-6,12H2,1-3H3,(H2,23,25). The van der Waals surface area contributed by atoms with Crippen molar-refractivity contribution in [2.24, 2.45) is 5.73 Å². The molecule has 1 aromatic heterocycles. The number of rotatable bonds is 4. The third-order valence-corrected chi connectivity index (χ3v) is 5.72. The lowest BCUT2D eigenvalue weighted by molar-refractivity contribution is -0.115. The molecule has 1 aliphatic carbocycles. The molecule has 0 aliphatic heterocycles. The van der Waals surface area contributed by atoms with Crippen molar-refractivity contribution >= 4 is 17.7 Å². The van der Waals surface area contributed by atoms with Gasteiger partial charge in [0.25, 0.3) is 0 Å². The Morgan fingerprint density at radius 2 is 1.88 bits per heavy atom. The minimum absolute atomic E-state index is 0.0983. The van der Waals surface area contributed by atoms with Crippen molar-refractivity contribution in [3.05, 3.63) is 46.5 Å². The van der Waals surface area contributed by atoms with E-state index in [1.54, 1.807) is 0 Å². The number of hydrogen-bond donors (Lipinski definition) is 1. The van der Waals surface area contributed by atoms with Crippen LogP contribution in [-0.2, 0) is 23.1 Å². The summed E-state index contributed by atoms with van der Waals surface area (Å²) in [5.41, 5.74) is 11.5. The number of nitriles is 1. The highest BCUT2D eigenvalue weighted by molar-refractivity contribution is 8.00. The van der Waals surface area contributed by atoms with Crippen LogP contribution in [0.5, 0.6) is 0 Å². The maximum atomic E-state index is 11.2. The number of carbonyl (C=O) groups is 1. The van der Waals surface area contributed by atoms with Crippen LogP contribution in [0.4, 0.5) is 0 Å². The molecular weight excluding hydrogens is 342 g/mol. The van der Waals surface area contributed by atoms with Gasteiger partial charge in [-0.3, -0.25) is 4.79 Å². The van der Waals surface area contributed by atoms with Crippen molar-refractivity contribution in [2.45, 2.75) is 50.5 Å². The number of aromatic nitrogens is 1. The molecule has 4 nitrogen and oxygen atoms in total. The predicted octanol–water partition coefficient (Wildman–Crippen LogP) is 3.98. The molecule has 1 heterocycles. The zero-order chi connectivity index (χ0) is 18.9. The van der Waals surface area contributed by atoms with Gasteiger partial charge in [-0.2, -0.15) is 5.26 Å². The molecule has 134 valence electrons. The third kappa shape index (κ3) is 3.61. The van der Waals surface area contributed by atoms with Crippen molar-refractivity contribution in [2.75, 3.05) is 5.75 Å². The fraction of sp³-hybridized carbons (Fsp3) is 0.381. The smallest absolute Gasteiger partial charge is 0.227 e. The number of nitrogens with zero attached hydrogens (tertiary/aromatic N) is 2. The summed E-state index contributed by atoms with van der Waals surface area (Å²) in [6, 6.07) is 10.8. The number of hydrogen-bond acceptors (Lipinski definition) is 4. The third-order valence-electron chi connectivity index (χ3n) is 4.72. The highest BCUT2D eigenvalue weighted by Gasteiger charge is 2.25. The highest BCUT2D eigenvalue weighted by Crippen LogP contribution is 2.37. The van der Waals surface area contributed by atoms with Crippen molar-refractivity contribution < 1.29 is 4.79 Å². The molecule has 0 unspecified atom stereocenters. The zero-order valence-corrected chi connectivity index (χ0v) is 16.2. The number of carbonyl (C=O) groups excluding carboxylic acids is 1.